The molecule has 5 nitrogen and oxygen atoms in total. The van der Waals surface area contributed by atoms with Crippen molar-refractivity contribution in [3.63, 3.8) is 0 Å². The first-order valence-corrected chi connectivity index (χ1v) is 6.66. The SMILES string of the molecule is COc1ccc(CCC(=O)NCCc2ncc[nH]2)cc1. The molecule has 1 heterocycles. The van der Waals surface area contributed by atoms with Crippen LogP contribution in [0.3, 0.4) is 0 Å². The van der Waals surface area contributed by atoms with Crippen molar-refractivity contribution in [1.29, 1.82) is 0 Å². The quantitative estimate of drug-likeness (QED) is 0.807. The van der Waals surface area contributed by atoms with Crippen molar-refractivity contribution in [3.05, 3.63) is 48.0 Å². The van der Waals surface area contributed by atoms with Gasteiger partial charge in [-0.3, -0.25) is 4.79 Å². The second-order valence-electron chi connectivity index (χ2n) is 4.48. The molecule has 106 valence electrons. The van der Waals surface area contributed by atoms with Crippen molar-refractivity contribution in [2.45, 2.75) is 19.3 Å². The maximum atomic E-state index is 11.7. The van der Waals surface area contributed by atoms with Gasteiger partial charge in [0.05, 0.1) is 7.11 Å². The summed E-state index contributed by atoms with van der Waals surface area (Å²) in [6, 6.07) is 7.78. The smallest absolute Gasteiger partial charge is 0.220 e. The first kappa shape index (κ1) is 14.1. The van der Waals surface area contributed by atoms with E-state index in [1.807, 2.05) is 24.3 Å². The van der Waals surface area contributed by atoms with Crippen LogP contribution < -0.4 is 10.1 Å². The highest BCUT2D eigenvalue weighted by atomic mass is 16.5. The van der Waals surface area contributed by atoms with Crippen LogP contribution in [0.5, 0.6) is 5.75 Å². The summed E-state index contributed by atoms with van der Waals surface area (Å²) >= 11 is 0. The number of aromatic amines is 1. The van der Waals surface area contributed by atoms with E-state index < -0.39 is 0 Å². The molecule has 0 bridgehead atoms. The summed E-state index contributed by atoms with van der Waals surface area (Å²) in [5, 5.41) is 2.89. The zero-order chi connectivity index (χ0) is 14.2. The van der Waals surface area contributed by atoms with Gasteiger partial charge in [0.2, 0.25) is 5.91 Å². The molecule has 0 unspecified atom stereocenters. The molecule has 0 saturated carbocycles. The van der Waals surface area contributed by atoms with Gasteiger partial charge in [-0.2, -0.15) is 0 Å². The summed E-state index contributed by atoms with van der Waals surface area (Å²) in [6.07, 6.45) is 5.43. The molecule has 0 aliphatic rings. The number of benzene rings is 1. The Balaban J connectivity index is 1.66. The van der Waals surface area contributed by atoms with Gasteiger partial charge in [-0.05, 0) is 24.1 Å². The van der Waals surface area contributed by atoms with Crippen molar-refractivity contribution in [2.75, 3.05) is 13.7 Å². The Morgan fingerprint density at radius 3 is 2.75 bits per heavy atom. The van der Waals surface area contributed by atoms with Crippen molar-refractivity contribution < 1.29 is 9.53 Å². The zero-order valence-corrected chi connectivity index (χ0v) is 11.6. The molecule has 0 aliphatic carbocycles. The second kappa shape index (κ2) is 7.33. The lowest BCUT2D eigenvalue weighted by Gasteiger charge is -2.05. The third-order valence-corrected chi connectivity index (χ3v) is 3.04. The molecule has 0 radical (unpaired) electrons. The number of aryl methyl sites for hydroxylation is 1. The Labute approximate surface area is 118 Å². The minimum absolute atomic E-state index is 0.0624. The average Bonchev–Trinajstić information content (AvgIpc) is 2.99. The highest BCUT2D eigenvalue weighted by molar-refractivity contribution is 5.76. The van der Waals surface area contributed by atoms with Gasteiger partial charge >= 0.3 is 0 Å². The number of carbonyl (C=O) groups is 1. The second-order valence-corrected chi connectivity index (χ2v) is 4.48. The number of nitrogens with one attached hydrogen (secondary N) is 2. The predicted molar refractivity (Wildman–Crippen MR) is 76.6 cm³/mol. The third kappa shape index (κ3) is 4.42. The number of hydrogen-bond acceptors (Lipinski definition) is 3. The third-order valence-electron chi connectivity index (χ3n) is 3.04. The maximum Gasteiger partial charge on any atom is 0.220 e. The highest BCUT2D eigenvalue weighted by Crippen LogP contribution is 2.12. The van der Waals surface area contributed by atoms with Gasteiger partial charge in [0.1, 0.15) is 11.6 Å². The van der Waals surface area contributed by atoms with Gasteiger partial charge < -0.3 is 15.0 Å². The fraction of sp³-hybridized carbons (Fsp3) is 0.333. The Morgan fingerprint density at radius 1 is 1.30 bits per heavy atom. The first-order valence-electron chi connectivity index (χ1n) is 6.66. The van der Waals surface area contributed by atoms with Crippen LogP contribution in [0.25, 0.3) is 0 Å². The number of rotatable bonds is 7. The molecule has 20 heavy (non-hydrogen) atoms. The van der Waals surface area contributed by atoms with E-state index in [9.17, 15) is 4.79 Å². The number of imidazole rings is 1. The van der Waals surface area contributed by atoms with E-state index >= 15 is 0 Å². The summed E-state index contributed by atoms with van der Waals surface area (Å²) in [7, 11) is 1.64. The summed E-state index contributed by atoms with van der Waals surface area (Å²) in [5.41, 5.74) is 1.13. The van der Waals surface area contributed by atoms with Gasteiger partial charge in [0, 0.05) is 31.8 Å². The lowest BCUT2D eigenvalue weighted by Crippen LogP contribution is -2.26. The van der Waals surface area contributed by atoms with Crippen molar-refractivity contribution in [3.8, 4) is 5.75 Å². The van der Waals surface area contributed by atoms with Crippen molar-refractivity contribution in [1.82, 2.24) is 15.3 Å². The first-order chi connectivity index (χ1) is 9.78. The minimum Gasteiger partial charge on any atom is -0.497 e. The monoisotopic (exact) mass is 273 g/mol. The Bertz CT molecular complexity index is 521. The molecule has 0 fully saturated rings. The number of H-pyrrole nitrogens is 1. The summed E-state index contributed by atoms with van der Waals surface area (Å²) < 4.78 is 5.10. The summed E-state index contributed by atoms with van der Waals surface area (Å²) in [5.74, 6) is 1.78. The number of hydrogen-bond donors (Lipinski definition) is 2. The van der Waals surface area contributed by atoms with E-state index in [0.29, 0.717) is 13.0 Å². The molecule has 2 aromatic rings. The van der Waals surface area contributed by atoms with Crippen LogP contribution in [0.15, 0.2) is 36.7 Å². The fourth-order valence-electron chi connectivity index (χ4n) is 1.89. The number of ether oxygens (including phenoxy) is 1. The van der Waals surface area contributed by atoms with E-state index in [4.69, 9.17) is 4.74 Å². The molecule has 2 rings (SSSR count). The molecule has 0 saturated heterocycles. The van der Waals surface area contributed by atoms with Crippen LogP contribution in [-0.2, 0) is 17.6 Å². The fourth-order valence-corrected chi connectivity index (χ4v) is 1.89. The predicted octanol–water partition coefficient (Wildman–Crippen LogP) is 1.71. The Kier molecular flexibility index (Phi) is 5.17. The van der Waals surface area contributed by atoms with Crippen molar-refractivity contribution in [2.24, 2.45) is 0 Å². The van der Waals surface area contributed by atoms with Crippen LogP contribution in [0.4, 0.5) is 0 Å². The number of amides is 1. The topological polar surface area (TPSA) is 67.0 Å². The van der Waals surface area contributed by atoms with Gasteiger partial charge in [0.25, 0.3) is 0 Å². The Morgan fingerprint density at radius 2 is 2.10 bits per heavy atom. The molecule has 0 aliphatic heterocycles. The molecular formula is C15H19N3O2. The van der Waals surface area contributed by atoms with E-state index in [2.05, 4.69) is 15.3 Å². The van der Waals surface area contributed by atoms with E-state index in [1.165, 1.54) is 0 Å². The number of aromatic nitrogens is 2. The van der Waals surface area contributed by atoms with E-state index in [1.54, 1.807) is 19.5 Å². The van der Waals surface area contributed by atoms with Gasteiger partial charge in [-0.15, -0.1) is 0 Å². The molecule has 0 atom stereocenters. The minimum atomic E-state index is 0.0624. The van der Waals surface area contributed by atoms with Crippen molar-refractivity contribution >= 4 is 5.91 Å². The van der Waals surface area contributed by atoms with Crippen LogP contribution in [0.2, 0.25) is 0 Å². The number of carbonyl (C=O) groups excluding carboxylic acids is 1. The molecule has 0 spiro atoms. The molecule has 1 aromatic heterocycles. The average molecular weight is 273 g/mol. The van der Waals surface area contributed by atoms with Crippen LogP contribution >= 0.6 is 0 Å². The maximum absolute atomic E-state index is 11.7. The van der Waals surface area contributed by atoms with Gasteiger partial charge in [0.15, 0.2) is 0 Å². The van der Waals surface area contributed by atoms with E-state index in [0.717, 1.165) is 30.0 Å². The number of nitrogens with zero attached hydrogens (tertiary/aromatic N) is 1. The summed E-state index contributed by atoms with van der Waals surface area (Å²) in [4.78, 5) is 18.8. The normalized spacial score (nSPS) is 10.2. The van der Waals surface area contributed by atoms with Gasteiger partial charge in [-0.1, -0.05) is 12.1 Å². The standard InChI is InChI=1S/C15H19N3O2/c1-20-13-5-2-12(3-6-13)4-7-15(19)18-9-8-14-16-10-11-17-14/h2-3,5-6,10-11H,4,7-9H2,1H3,(H,16,17)(H,18,19). The Hall–Kier alpha value is -2.30. The highest BCUT2D eigenvalue weighted by Gasteiger charge is 2.03. The number of methoxy groups -OCH3 is 1. The van der Waals surface area contributed by atoms with Crippen LogP contribution in [0, 0.1) is 0 Å². The van der Waals surface area contributed by atoms with Gasteiger partial charge in [-0.25, -0.2) is 4.98 Å². The zero-order valence-electron chi connectivity index (χ0n) is 11.6. The van der Waals surface area contributed by atoms with E-state index in [-0.39, 0.29) is 5.91 Å². The molecule has 1 aromatic carbocycles. The summed E-state index contributed by atoms with van der Waals surface area (Å²) in [6.45, 7) is 0.606. The molecule has 5 heteroatoms. The molecule has 2 N–H and O–H groups in total. The van der Waals surface area contributed by atoms with Crippen LogP contribution in [0.1, 0.15) is 17.8 Å². The lowest BCUT2D eigenvalue weighted by atomic mass is 10.1. The van der Waals surface area contributed by atoms with Crippen LogP contribution in [-0.4, -0.2) is 29.5 Å². The lowest BCUT2D eigenvalue weighted by molar-refractivity contribution is -0.121. The molecule has 1 amide bonds. The molecular weight excluding hydrogens is 254 g/mol. The largest absolute Gasteiger partial charge is 0.497 e.